The van der Waals surface area contributed by atoms with Gasteiger partial charge in [0.15, 0.2) is 0 Å². The first kappa shape index (κ1) is 18.7. The largest absolute Gasteiger partial charge is 0.369 e. The van der Waals surface area contributed by atoms with Crippen molar-refractivity contribution in [2.24, 2.45) is 5.92 Å². The molecule has 0 unspecified atom stereocenters. The molecule has 3 rings (SSSR count). The van der Waals surface area contributed by atoms with E-state index >= 15 is 0 Å². The number of hydrogen-bond acceptors (Lipinski definition) is 4. The summed E-state index contributed by atoms with van der Waals surface area (Å²) in [4.78, 5) is 10.0. The van der Waals surface area contributed by atoms with E-state index in [4.69, 9.17) is 0 Å². The number of rotatable bonds is 6. The molecular formula is C21H36N4. The number of likely N-dealkylation sites (tertiary alicyclic amines) is 1. The van der Waals surface area contributed by atoms with Gasteiger partial charge in [0.2, 0.25) is 0 Å². The van der Waals surface area contributed by atoms with Gasteiger partial charge in [-0.25, -0.2) is 0 Å². The quantitative estimate of drug-likeness (QED) is 0.786. The van der Waals surface area contributed by atoms with Crippen molar-refractivity contribution in [2.75, 3.05) is 71.4 Å². The van der Waals surface area contributed by atoms with Gasteiger partial charge in [0.1, 0.15) is 0 Å². The summed E-state index contributed by atoms with van der Waals surface area (Å²) in [5.41, 5.74) is 2.82. The fourth-order valence-corrected chi connectivity index (χ4v) is 4.18. The fraction of sp³-hybridized carbons (Fsp3) is 0.714. The van der Waals surface area contributed by atoms with Crippen LogP contribution in [-0.4, -0.2) is 81.2 Å². The number of hydrogen-bond donors (Lipinski definition) is 0. The van der Waals surface area contributed by atoms with E-state index in [9.17, 15) is 0 Å². The van der Waals surface area contributed by atoms with E-state index in [0.717, 1.165) is 25.6 Å². The van der Waals surface area contributed by atoms with Crippen LogP contribution in [-0.2, 0) is 6.54 Å². The van der Waals surface area contributed by atoms with Crippen LogP contribution in [0.25, 0.3) is 0 Å². The Morgan fingerprint density at radius 1 is 0.960 bits per heavy atom. The molecule has 4 heteroatoms. The Bertz CT molecular complexity index is 499. The van der Waals surface area contributed by atoms with Crippen LogP contribution in [0.1, 0.15) is 25.3 Å². The van der Waals surface area contributed by atoms with Gasteiger partial charge in [-0.05, 0) is 70.2 Å². The SMILES string of the molecule is CCN1CCC(CN(C)Cc2ccc(N3CCN(C)CC3)cc2)CC1. The second-order valence-corrected chi connectivity index (χ2v) is 8.03. The summed E-state index contributed by atoms with van der Waals surface area (Å²) >= 11 is 0. The smallest absolute Gasteiger partial charge is 0.0367 e. The van der Waals surface area contributed by atoms with E-state index in [0.29, 0.717) is 0 Å². The molecule has 0 spiro atoms. The minimum atomic E-state index is 0.873. The molecule has 1 aromatic rings. The first-order valence-electron chi connectivity index (χ1n) is 10.1. The molecule has 2 aliphatic rings. The Hall–Kier alpha value is -1.10. The molecule has 0 N–H and O–H groups in total. The highest BCUT2D eigenvalue weighted by molar-refractivity contribution is 5.48. The normalized spacial score (nSPS) is 21.2. The summed E-state index contributed by atoms with van der Waals surface area (Å²) in [5.74, 6) is 0.873. The average Bonchev–Trinajstić information content (AvgIpc) is 2.64. The lowest BCUT2D eigenvalue weighted by molar-refractivity contribution is 0.157. The topological polar surface area (TPSA) is 13.0 Å². The standard InChI is InChI=1S/C21H36N4/c1-4-24-11-9-20(10-12-24)18-23(3)17-19-5-7-21(8-6-19)25-15-13-22(2)14-16-25/h5-8,20H,4,9-18H2,1-3H3. The highest BCUT2D eigenvalue weighted by Gasteiger charge is 2.19. The van der Waals surface area contributed by atoms with E-state index in [1.165, 1.54) is 63.4 Å². The molecule has 0 aromatic heterocycles. The summed E-state index contributed by atoms with van der Waals surface area (Å²) in [7, 11) is 4.49. The van der Waals surface area contributed by atoms with E-state index < -0.39 is 0 Å². The minimum Gasteiger partial charge on any atom is -0.369 e. The number of piperazine rings is 1. The van der Waals surface area contributed by atoms with E-state index in [1.54, 1.807) is 0 Å². The van der Waals surface area contributed by atoms with E-state index in [1.807, 2.05) is 0 Å². The van der Waals surface area contributed by atoms with Crippen molar-refractivity contribution in [3.63, 3.8) is 0 Å². The molecule has 0 bridgehead atoms. The highest BCUT2D eigenvalue weighted by Crippen LogP contribution is 2.20. The third-order valence-electron chi connectivity index (χ3n) is 5.98. The second kappa shape index (κ2) is 9.02. The van der Waals surface area contributed by atoms with Crippen LogP contribution in [0.5, 0.6) is 0 Å². The monoisotopic (exact) mass is 344 g/mol. The lowest BCUT2D eigenvalue weighted by Gasteiger charge is -2.34. The molecule has 1 aromatic carbocycles. The third-order valence-corrected chi connectivity index (χ3v) is 5.98. The van der Waals surface area contributed by atoms with E-state index in [2.05, 4.69) is 64.9 Å². The third kappa shape index (κ3) is 5.44. The van der Waals surface area contributed by atoms with Crippen LogP contribution in [0, 0.1) is 5.92 Å². The number of benzene rings is 1. The maximum atomic E-state index is 2.58. The zero-order valence-corrected chi connectivity index (χ0v) is 16.5. The number of piperidine rings is 1. The lowest BCUT2D eigenvalue weighted by atomic mass is 9.96. The number of nitrogens with zero attached hydrogens (tertiary/aromatic N) is 4. The summed E-state index contributed by atoms with van der Waals surface area (Å²) in [6, 6.07) is 9.27. The number of anilines is 1. The summed E-state index contributed by atoms with van der Waals surface area (Å²) in [6.45, 7) is 13.0. The maximum absolute atomic E-state index is 2.58. The summed E-state index contributed by atoms with van der Waals surface area (Å²) in [6.07, 6.45) is 2.72. The second-order valence-electron chi connectivity index (χ2n) is 8.03. The van der Waals surface area contributed by atoms with Crippen LogP contribution in [0.2, 0.25) is 0 Å². The van der Waals surface area contributed by atoms with Gasteiger partial charge in [0, 0.05) is 45.0 Å². The molecule has 2 fully saturated rings. The molecule has 4 nitrogen and oxygen atoms in total. The van der Waals surface area contributed by atoms with Gasteiger partial charge >= 0.3 is 0 Å². The number of likely N-dealkylation sites (N-methyl/N-ethyl adjacent to an activating group) is 1. The molecule has 25 heavy (non-hydrogen) atoms. The van der Waals surface area contributed by atoms with Crippen molar-refractivity contribution >= 4 is 5.69 Å². The Kier molecular flexibility index (Phi) is 6.74. The molecule has 0 atom stereocenters. The first-order valence-corrected chi connectivity index (χ1v) is 10.1. The molecule has 0 amide bonds. The fourth-order valence-electron chi connectivity index (χ4n) is 4.18. The Morgan fingerprint density at radius 2 is 1.60 bits per heavy atom. The molecular weight excluding hydrogens is 308 g/mol. The van der Waals surface area contributed by atoms with Crippen LogP contribution < -0.4 is 4.90 Å². The van der Waals surface area contributed by atoms with Crippen LogP contribution >= 0.6 is 0 Å². The minimum absolute atomic E-state index is 0.873. The van der Waals surface area contributed by atoms with Crippen molar-refractivity contribution in [3.05, 3.63) is 29.8 Å². The van der Waals surface area contributed by atoms with Crippen molar-refractivity contribution < 1.29 is 0 Å². The van der Waals surface area contributed by atoms with Gasteiger partial charge in [0.25, 0.3) is 0 Å². The van der Waals surface area contributed by atoms with Crippen molar-refractivity contribution in [2.45, 2.75) is 26.3 Å². The highest BCUT2D eigenvalue weighted by atomic mass is 15.2. The summed E-state index contributed by atoms with van der Waals surface area (Å²) in [5, 5.41) is 0. The van der Waals surface area contributed by atoms with Gasteiger partial charge in [-0.3, -0.25) is 0 Å². The van der Waals surface area contributed by atoms with Crippen molar-refractivity contribution in [3.8, 4) is 0 Å². The predicted molar refractivity (Wildman–Crippen MR) is 107 cm³/mol. The Labute approximate surface area is 154 Å². The van der Waals surface area contributed by atoms with Gasteiger partial charge < -0.3 is 19.6 Å². The van der Waals surface area contributed by atoms with E-state index in [-0.39, 0.29) is 0 Å². The van der Waals surface area contributed by atoms with Crippen molar-refractivity contribution in [1.82, 2.24) is 14.7 Å². The summed E-state index contributed by atoms with van der Waals surface area (Å²) < 4.78 is 0. The maximum Gasteiger partial charge on any atom is 0.0367 e. The molecule has 0 radical (unpaired) electrons. The zero-order valence-electron chi connectivity index (χ0n) is 16.5. The van der Waals surface area contributed by atoms with Gasteiger partial charge in [-0.15, -0.1) is 0 Å². The van der Waals surface area contributed by atoms with Crippen LogP contribution in [0.4, 0.5) is 5.69 Å². The Balaban J connectivity index is 1.45. The Morgan fingerprint density at radius 3 is 2.20 bits per heavy atom. The van der Waals surface area contributed by atoms with Gasteiger partial charge in [-0.1, -0.05) is 19.1 Å². The molecule has 2 heterocycles. The predicted octanol–water partition coefficient (Wildman–Crippen LogP) is 2.60. The van der Waals surface area contributed by atoms with Crippen LogP contribution in [0.15, 0.2) is 24.3 Å². The molecule has 2 aliphatic heterocycles. The molecule has 140 valence electrons. The van der Waals surface area contributed by atoms with Crippen molar-refractivity contribution in [1.29, 1.82) is 0 Å². The van der Waals surface area contributed by atoms with Gasteiger partial charge in [-0.2, -0.15) is 0 Å². The molecule has 0 saturated carbocycles. The molecule has 0 aliphatic carbocycles. The molecule has 2 saturated heterocycles. The first-order chi connectivity index (χ1) is 12.1. The average molecular weight is 345 g/mol. The zero-order chi connectivity index (χ0) is 17.6. The van der Waals surface area contributed by atoms with Crippen LogP contribution in [0.3, 0.4) is 0 Å². The van der Waals surface area contributed by atoms with Gasteiger partial charge in [0.05, 0.1) is 0 Å². The lowest BCUT2D eigenvalue weighted by Crippen LogP contribution is -2.44.